The van der Waals surface area contributed by atoms with Crippen LogP contribution in [0.15, 0.2) is 35.3 Å². The van der Waals surface area contributed by atoms with Crippen LogP contribution >= 0.6 is 11.6 Å². The van der Waals surface area contributed by atoms with Gasteiger partial charge in [-0.15, -0.1) is 0 Å². The fourth-order valence-electron chi connectivity index (χ4n) is 4.82. The molecule has 0 unspecified atom stereocenters. The molecule has 3 fully saturated rings. The van der Waals surface area contributed by atoms with Crippen LogP contribution in [0.5, 0.6) is 11.5 Å². The molecule has 3 aliphatic carbocycles. The third-order valence-corrected chi connectivity index (χ3v) is 6.28. The van der Waals surface area contributed by atoms with Crippen LogP contribution in [0.4, 0.5) is 17.6 Å². The molecule has 3 aliphatic rings. The molecular weight excluding hydrogens is 498 g/mol. The lowest BCUT2D eigenvalue weighted by Gasteiger charge is -2.70. The zero-order chi connectivity index (χ0) is 25.4. The topological polar surface area (TPSA) is 99.5 Å². The average Bonchev–Trinajstić information content (AvgIpc) is 2.72. The number of nitrogens with zero attached hydrogens (tertiary/aromatic N) is 2. The van der Waals surface area contributed by atoms with Gasteiger partial charge < -0.3 is 14.8 Å². The summed E-state index contributed by atoms with van der Waals surface area (Å²) in [6, 6.07) is 4.98. The zero-order valence-corrected chi connectivity index (χ0v) is 18.9. The fourth-order valence-corrected chi connectivity index (χ4v) is 4.94. The van der Waals surface area contributed by atoms with Crippen molar-refractivity contribution in [1.82, 2.24) is 15.1 Å². The van der Waals surface area contributed by atoms with Crippen LogP contribution in [0.25, 0.3) is 0 Å². The molecule has 1 amide bonds. The van der Waals surface area contributed by atoms with Gasteiger partial charge >= 0.3 is 11.7 Å². The number of benzene rings is 1. The Kier molecular flexibility index (Phi) is 6.52. The van der Waals surface area contributed by atoms with Gasteiger partial charge in [-0.05, 0) is 36.8 Å². The van der Waals surface area contributed by atoms with Crippen LogP contribution in [-0.4, -0.2) is 46.4 Å². The molecule has 2 bridgehead atoms. The minimum Gasteiger partial charge on any atom is -0.486 e. The summed E-state index contributed by atoms with van der Waals surface area (Å²) in [4.78, 5) is 36.5. The summed E-state index contributed by atoms with van der Waals surface area (Å²) in [7, 11) is 0. The van der Waals surface area contributed by atoms with E-state index >= 15 is 0 Å². The molecule has 188 valence electrons. The second-order valence-electron chi connectivity index (χ2n) is 9.00. The first-order valence-electron chi connectivity index (χ1n) is 10.5. The van der Waals surface area contributed by atoms with Crippen molar-refractivity contribution in [2.75, 3.05) is 13.2 Å². The summed E-state index contributed by atoms with van der Waals surface area (Å²) in [6.45, 7) is -2.33. The highest BCUT2D eigenvalue weighted by Gasteiger charge is 2.68. The van der Waals surface area contributed by atoms with Gasteiger partial charge in [0.15, 0.2) is 18.1 Å². The van der Waals surface area contributed by atoms with E-state index in [4.69, 9.17) is 21.1 Å². The van der Waals surface area contributed by atoms with Gasteiger partial charge in [0.2, 0.25) is 0 Å². The van der Waals surface area contributed by atoms with Crippen LogP contribution in [0.2, 0.25) is 5.02 Å². The van der Waals surface area contributed by atoms with Gasteiger partial charge in [-0.3, -0.25) is 14.4 Å². The predicted octanol–water partition coefficient (Wildman–Crippen LogP) is 3.05. The molecule has 0 aliphatic heterocycles. The second kappa shape index (κ2) is 9.14. The number of amides is 1. The molecule has 0 radical (unpaired) electrons. The molecule has 1 aromatic heterocycles. The number of nitrogens with one attached hydrogen (secondary N) is 1. The normalized spacial score (nSPS) is 22.5. The summed E-state index contributed by atoms with van der Waals surface area (Å²) in [6.07, 6.45) is -1.64. The number of ether oxygens (including phenoxy) is 2. The minimum atomic E-state index is -4.63. The molecule has 13 heteroatoms. The van der Waals surface area contributed by atoms with Crippen molar-refractivity contribution in [3.05, 3.63) is 51.7 Å². The maximum atomic E-state index is 13.4. The number of ketones is 1. The molecular formula is C22H20ClF4N3O5. The van der Waals surface area contributed by atoms with E-state index in [0.717, 1.165) is 18.3 Å². The maximum absolute atomic E-state index is 13.4. The van der Waals surface area contributed by atoms with E-state index in [1.807, 2.05) is 0 Å². The standard InChI is InChI=1S/C22H20ClF4N3O5/c23-15-2-1-14(5-16(15)24)34-7-13(31)6-20-9-21(10-20,11-20)29-18(32)8-35-17-3-4-28-30(19(17)33)12-22(25,26)27/h1-5H,6-12H2,(H,29,32). The predicted molar refractivity (Wildman–Crippen MR) is 114 cm³/mol. The molecule has 1 heterocycles. The van der Waals surface area contributed by atoms with Gasteiger partial charge in [-0.2, -0.15) is 18.3 Å². The Balaban J connectivity index is 1.20. The van der Waals surface area contributed by atoms with Crippen LogP contribution in [-0.2, 0) is 16.1 Å². The van der Waals surface area contributed by atoms with Crippen molar-refractivity contribution >= 4 is 23.3 Å². The number of aromatic nitrogens is 2. The van der Waals surface area contributed by atoms with Crippen LogP contribution < -0.4 is 20.3 Å². The average molecular weight is 518 g/mol. The van der Waals surface area contributed by atoms with E-state index in [0.29, 0.717) is 19.3 Å². The molecule has 1 N–H and O–H groups in total. The quantitative estimate of drug-likeness (QED) is 0.486. The van der Waals surface area contributed by atoms with E-state index in [1.54, 1.807) is 0 Å². The fraction of sp³-hybridized carbons (Fsp3) is 0.455. The highest BCUT2D eigenvalue weighted by atomic mass is 35.5. The number of Topliss-reactive ketones (excluding diaryl/α,β-unsaturated/α-hetero) is 1. The van der Waals surface area contributed by atoms with Crippen molar-refractivity contribution < 1.29 is 36.6 Å². The van der Waals surface area contributed by atoms with Gasteiger partial charge in [0, 0.05) is 24.1 Å². The molecule has 0 spiro atoms. The first-order chi connectivity index (χ1) is 16.4. The number of alkyl halides is 3. The number of hydrogen-bond donors (Lipinski definition) is 1. The van der Waals surface area contributed by atoms with E-state index in [-0.39, 0.29) is 39.7 Å². The Morgan fingerprint density at radius 1 is 1.14 bits per heavy atom. The van der Waals surface area contributed by atoms with E-state index < -0.39 is 47.9 Å². The van der Waals surface area contributed by atoms with Gasteiger partial charge in [0.25, 0.3) is 5.91 Å². The third kappa shape index (κ3) is 5.75. The smallest absolute Gasteiger partial charge is 0.408 e. The summed E-state index contributed by atoms with van der Waals surface area (Å²) < 4.78 is 61.6. The summed E-state index contributed by atoms with van der Waals surface area (Å²) in [5.74, 6) is -1.55. The number of hydrogen-bond acceptors (Lipinski definition) is 6. The number of carbonyl (C=O) groups excluding carboxylic acids is 2. The molecule has 8 nitrogen and oxygen atoms in total. The van der Waals surface area contributed by atoms with Crippen LogP contribution in [0, 0.1) is 11.2 Å². The molecule has 2 aromatic rings. The highest BCUT2D eigenvalue weighted by molar-refractivity contribution is 6.30. The molecule has 5 rings (SSSR count). The van der Waals surface area contributed by atoms with Crippen LogP contribution in [0.3, 0.4) is 0 Å². The van der Waals surface area contributed by atoms with Gasteiger partial charge in [0.05, 0.1) is 11.2 Å². The molecule has 1 aromatic carbocycles. The number of halogens is 5. The molecule has 35 heavy (non-hydrogen) atoms. The van der Waals surface area contributed by atoms with Crippen LogP contribution in [0.1, 0.15) is 25.7 Å². The summed E-state index contributed by atoms with van der Waals surface area (Å²) in [5.41, 5.74) is -1.78. The lowest BCUT2D eigenvalue weighted by atomic mass is 9.38. The lowest BCUT2D eigenvalue weighted by Crippen LogP contribution is -2.75. The van der Waals surface area contributed by atoms with Crippen molar-refractivity contribution in [1.29, 1.82) is 0 Å². The Morgan fingerprint density at radius 3 is 2.51 bits per heavy atom. The van der Waals surface area contributed by atoms with E-state index in [9.17, 15) is 31.9 Å². The molecule has 3 saturated carbocycles. The second-order valence-corrected chi connectivity index (χ2v) is 9.41. The van der Waals surface area contributed by atoms with Crippen molar-refractivity contribution in [3.8, 4) is 11.5 Å². The Morgan fingerprint density at radius 2 is 1.86 bits per heavy atom. The number of carbonyl (C=O) groups is 2. The maximum Gasteiger partial charge on any atom is 0.408 e. The summed E-state index contributed by atoms with van der Waals surface area (Å²) in [5, 5.41) is 6.11. The monoisotopic (exact) mass is 517 g/mol. The Hall–Kier alpha value is -3.15. The highest BCUT2D eigenvalue weighted by Crippen LogP contribution is 2.68. The third-order valence-electron chi connectivity index (χ3n) is 5.97. The van der Waals surface area contributed by atoms with Gasteiger partial charge in [-0.25, -0.2) is 9.07 Å². The first kappa shape index (κ1) is 25.0. The van der Waals surface area contributed by atoms with Gasteiger partial charge in [0.1, 0.15) is 24.7 Å². The van der Waals surface area contributed by atoms with E-state index in [1.165, 1.54) is 12.1 Å². The lowest BCUT2D eigenvalue weighted by molar-refractivity contribution is -0.173. The van der Waals surface area contributed by atoms with E-state index in [2.05, 4.69) is 10.4 Å². The number of rotatable bonds is 10. The largest absolute Gasteiger partial charge is 0.486 e. The Bertz CT molecular complexity index is 1200. The van der Waals surface area contributed by atoms with Gasteiger partial charge in [-0.1, -0.05) is 11.6 Å². The summed E-state index contributed by atoms with van der Waals surface area (Å²) >= 11 is 5.61. The molecule has 0 saturated heterocycles. The molecule has 0 atom stereocenters. The zero-order valence-electron chi connectivity index (χ0n) is 18.2. The van der Waals surface area contributed by atoms with Crippen molar-refractivity contribution in [2.24, 2.45) is 5.41 Å². The van der Waals surface area contributed by atoms with Crippen molar-refractivity contribution in [2.45, 2.75) is 43.9 Å². The van der Waals surface area contributed by atoms with Crippen molar-refractivity contribution in [3.63, 3.8) is 0 Å². The Labute approximate surface area is 201 Å². The SMILES string of the molecule is O=C(COc1ccc(Cl)c(F)c1)CC12CC(NC(=O)COc3ccnn(CC(F)(F)F)c3=O)(C1)C2. The first-order valence-corrected chi connectivity index (χ1v) is 10.9. The minimum absolute atomic E-state index is 0.0466.